The van der Waals surface area contributed by atoms with E-state index in [-0.39, 0.29) is 23.6 Å². The van der Waals surface area contributed by atoms with Crippen molar-refractivity contribution in [1.82, 2.24) is 5.32 Å². The van der Waals surface area contributed by atoms with Gasteiger partial charge in [0.05, 0.1) is 5.75 Å². The van der Waals surface area contributed by atoms with Crippen LogP contribution in [-0.2, 0) is 9.84 Å². The molecule has 0 amide bonds. The Bertz CT molecular complexity index is 623. The summed E-state index contributed by atoms with van der Waals surface area (Å²) in [4.78, 5) is 0. The van der Waals surface area contributed by atoms with E-state index in [4.69, 9.17) is 0 Å². The molecule has 1 aliphatic rings. The maximum Gasteiger partial charge on any atom is 0.573 e. The highest BCUT2D eigenvalue weighted by molar-refractivity contribution is 7.94. The summed E-state index contributed by atoms with van der Waals surface area (Å²) in [7, 11) is -3.14. The molecule has 0 saturated carbocycles. The van der Waals surface area contributed by atoms with Crippen molar-refractivity contribution in [3.05, 3.63) is 41.3 Å². The molecule has 0 radical (unpaired) electrons. The summed E-state index contributed by atoms with van der Waals surface area (Å²) in [5.74, 6) is -0.297. The number of nitrogens with one attached hydrogen (secondary N) is 1. The Morgan fingerprint density at radius 2 is 1.90 bits per heavy atom. The first kappa shape index (κ1) is 15.8. The molecular weight excluding hydrogens is 307 g/mol. The molecule has 0 saturated heterocycles. The van der Waals surface area contributed by atoms with E-state index in [1.54, 1.807) is 13.0 Å². The van der Waals surface area contributed by atoms with Crippen LogP contribution < -0.4 is 10.1 Å². The number of hydrogen-bond acceptors (Lipinski definition) is 4. The quantitative estimate of drug-likeness (QED) is 0.926. The van der Waals surface area contributed by atoms with E-state index in [1.807, 2.05) is 0 Å². The molecule has 8 heteroatoms. The zero-order valence-electron chi connectivity index (χ0n) is 11.1. The van der Waals surface area contributed by atoms with Gasteiger partial charge in [0.25, 0.3) is 0 Å². The van der Waals surface area contributed by atoms with Gasteiger partial charge in [-0.3, -0.25) is 0 Å². The lowest BCUT2D eigenvalue weighted by Gasteiger charge is -2.18. The van der Waals surface area contributed by atoms with Gasteiger partial charge in [0, 0.05) is 17.5 Å². The zero-order chi connectivity index (χ0) is 15.7. The van der Waals surface area contributed by atoms with Crippen LogP contribution in [-0.4, -0.2) is 26.6 Å². The minimum atomic E-state index is -4.71. The maximum atomic E-state index is 12.0. The van der Waals surface area contributed by atoms with Crippen molar-refractivity contribution in [2.75, 3.05) is 5.75 Å². The lowest BCUT2D eigenvalue weighted by molar-refractivity contribution is -0.274. The van der Waals surface area contributed by atoms with E-state index in [1.165, 1.54) is 24.3 Å². The van der Waals surface area contributed by atoms with Crippen LogP contribution in [0.3, 0.4) is 0 Å². The maximum absolute atomic E-state index is 12.0. The second-order valence-corrected chi connectivity index (χ2v) is 6.70. The van der Waals surface area contributed by atoms with Crippen molar-refractivity contribution in [2.45, 2.75) is 25.4 Å². The van der Waals surface area contributed by atoms with E-state index in [0.29, 0.717) is 0 Å². The minimum Gasteiger partial charge on any atom is -0.406 e. The van der Waals surface area contributed by atoms with Gasteiger partial charge in [-0.25, -0.2) is 8.42 Å². The van der Waals surface area contributed by atoms with Gasteiger partial charge in [-0.05, 0) is 24.6 Å². The van der Waals surface area contributed by atoms with E-state index in [9.17, 15) is 21.6 Å². The molecule has 1 aromatic rings. The molecule has 1 N–H and O–H groups in total. The van der Waals surface area contributed by atoms with Crippen LogP contribution in [0.1, 0.15) is 18.5 Å². The first-order chi connectivity index (χ1) is 9.65. The van der Waals surface area contributed by atoms with Crippen molar-refractivity contribution in [1.29, 1.82) is 0 Å². The zero-order valence-corrected chi connectivity index (χ0v) is 11.9. The topological polar surface area (TPSA) is 55.4 Å². The predicted octanol–water partition coefficient (Wildman–Crippen LogP) is 2.55. The number of alkyl halides is 3. The molecule has 2 unspecified atom stereocenters. The van der Waals surface area contributed by atoms with Crippen molar-refractivity contribution < 1.29 is 26.3 Å². The van der Waals surface area contributed by atoms with Crippen LogP contribution in [0.5, 0.6) is 5.75 Å². The lowest BCUT2D eigenvalue weighted by atomic mass is 10.1. The van der Waals surface area contributed by atoms with Crippen LogP contribution >= 0.6 is 0 Å². The van der Waals surface area contributed by atoms with Crippen LogP contribution in [0.25, 0.3) is 0 Å². The molecule has 0 bridgehead atoms. The summed E-state index contributed by atoms with van der Waals surface area (Å²) in [5.41, 5.74) is 0.738. The summed E-state index contributed by atoms with van der Waals surface area (Å²) in [6.07, 6.45) is -3.15. The van der Waals surface area contributed by atoms with Crippen LogP contribution in [0, 0.1) is 0 Å². The third kappa shape index (κ3) is 4.75. The third-order valence-corrected chi connectivity index (χ3v) is 4.40. The smallest absolute Gasteiger partial charge is 0.406 e. The summed E-state index contributed by atoms with van der Waals surface area (Å²) < 4.78 is 62.5. The number of hydrogen-bond donors (Lipinski definition) is 1. The molecule has 116 valence electrons. The van der Waals surface area contributed by atoms with Gasteiger partial charge in [-0.2, -0.15) is 0 Å². The first-order valence-electron chi connectivity index (χ1n) is 6.17. The molecule has 0 fully saturated rings. The summed E-state index contributed by atoms with van der Waals surface area (Å²) in [6.45, 7) is 1.80. The average molecular weight is 321 g/mol. The van der Waals surface area contributed by atoms with Gasteiger partial charge in [0.15, 0.2) is 9.84 Å². The molecule has 21 heavy (non-hydrogen) atoms. The Morgan fingerprint density at radius 3 is 2.38 bits per heavy atom. The second-order valence-electron chi connectivity index (χ2n) is 4.77. The number of halogens is 3. The number of sulfone groups is 1. The fourth-order valence-corrected chi connectivity index (χ4v) is 3.30. The van der Waals surface area contributed by atoms with Crippen molar-refractivity contribution >= 4 is 9.84 Å². The molecular formula is C13H14F3NO3S. The van der Waals surface area contributed by atoms with Gasteiger partial charge in [-0.1, -0.05) is 18.2 Å². The van der Waals surface area contributed by atoms with E-state index in [2.05, 4.69) is 10.1 Å². The second kappa shape index (κ2) is 5.69. The standard InChI is InChI=1S/C13H14F3NO3S/c1-9(17-11-6-7-21(18,19)8-11)10-2-4-12(5-3-10)20-13(14,15)16/h2-7,9,11,17H,8H2,1H3. The molecule has 4 nitrogen and oxygen atoms in total. The summed E-state index contributed by atoms with van der Waals surface area (Å²) in [5, 5.41) is 4.25. The fourth-order valence-electron chi connectivity index (χ4n) is 2.06. The number of ether oxygens (including phenoxy) is 1. The van der Waals surface area contributed by atoms with E-state index < -0.39 is 16.2 Å². The highest BCUT2D eigenvalue weighted by Crippen LogP contribution is 2.24. The molecule has 2 rings (SSSR count). The SMILES string of the molecule is CC(NC1C=CS(=O)(=O)C1)c1ccc(OC(F)(F)F)cc1. The van der Waals surface area contributed by atoms with Gasteiger partial charge >= 0.3 is 6.36 Å². The molecule has 0 aromatic heterocycles. The summed E-state index contributed by atoms with van der Waals surface area (Å²) >= 11 is 0. The Morgan fingerprint density at radius 1 is 1.29 bits per heavy atom. The Balaban J connectivity index is 1.97. The Hall–Kier alpha value is -1.54. The molecule has 0 spiro atoms. The normalized spacial score (nSPS) is 22.2. The monoisotopic (exact) mass is 321 g/mol. The van der Waals surface area contributed by atoms with Gasteiger partial charge in [0.2, 0.25) is 0 Å². The molecule has 0 aliphatic carbocycles. The predicted molar refractivity (Wildman–Crippen MR) is 71.4 cm³/mol. The van der Waals surface area contributed by atoms with Gasteiger partial charge < -0.3 is 10.1 Å². The van der Waals surface area contributed by atoms with Crippen LogP contribution in [0.4, 0.5) is 13.2 Å². The first-order valence-corrected chi connectivity index (χ1v) is 7.89. The Kier molecular flexibility index (Phi) is 4.29. The highest BCUT2D eigenvalue weighted by Gasteiger charge is 2.31. The highest BCUT2D eigenvalue weighted by atomic mass is 32.2. The van der Waals surface area contributed by atoms with Crippen molar-refractivity contribution in [3.63, 3.8) is 0 Å². The van der Waals surface area contributed by atoms with Crippen molar-refractivity contribution in [3.8, 4) is 5.75 Å². The molecule has 1 aliphatic heterocycles. The van der Waals surface area contributed by atoms with Gasteiger partial charge in [0.1, 0.15) is 5.75 Å². The molecule has 1 heterocycles. The number of benzene rings is 1. The molecule has 1 aromatic carbocycles. The lowest BCUT2D eigenvalue weighted by Crippen LogP contribution is -2.32. The average Bonchev–Trinajstić information content (AvgIpc) is 2.67. The fraction of sp³-hybridized carbons (Fsp3) is 0.385. The van der Waals surface area contributed by atoms with Crippen LogP contribution in [0.2, 0.25) is 0 Å². The largest absolute Gasteiger partial charge is 0.573 e. The Labute approximate surface area is 120 Å². The van der Waals surface area contributed by atoms with E-state index in [0.717, 1.165) is 11.0 Å². The molecule has 2 atom stereocenters. The minimum absolute atomic E-state index is 0.00733. The van der Waals surface area contributed by atoms with E-state index >= 15 is 0 Å². The third-order valence-electron chi connectivity index (χ3n) is 3.01. The number of rotatable bonds is 4. The van der Waals surface area contributed by atoms with Crippen LogP contribution in [0.15, 0.2) is 35.7 Å². The van der Waals surface area contributed by atoms with Crippen molar-refractivity contribution in [2.24, 2.45) is 0 Å². The van der Waals surface area contributed by atoms with Gasteiger partial charge in [-0.15, -0.1) is 13.2 Å². The summed E-state index contributed by atoms with van der Waals surface area (Å²) in [6, 6.07) is 4.96.